The standard InChI is InChI=1S/C17H24N4O/c1-3-22-17-16(19-14-9-4-5-10-15(14)20-17)21(2)12-13-8-6-7-11-18-13/h4-5,9-10,13,18H,3,6-8,11-12H2,1-2H3. The highest BCUT2D eigenvalue weighted by molar-refractivity contribution is 5.77. The van der Waals surface area contributed by atoms with Crippen molar-refractivity contribution in [1.82, 2.24) is 15.3 Å². The summed E-state index contributed by atoms with van der Waals surface area (Å²) in [5, 5.41) is 3.58. The fourth-order valence-corrected chi connectivity index (χ4v) is 2.95. The average molecular weight is 300 g/mol. The predicted octanol–water partition coefficient (Wildman–Crippen LogP) is 2.61. The van der Waals surface area contributed by atoms with Crippen LogP contribution in [-0.4, -0.2) is 42.8 Å². The molecular weight excluding hydrogens is 276 g/mol. The minimum atomic E-state index is 0.515. The summed E-state index contributed by atoms with van der Waals surface area (Å²) in [6, 6.07) is 8.44. The van der Waals surface area contributed by atoms with Gasteiger partial charge < -0.3 is 15.0 Å². The summed E-state index contributed by atoms with van der Waals surface area (Å²) < 4.78 is 5.72. The SMILES string of the molecule is CCOc1nc2ccccc2nc1N(C)CC1CCCCN1. The lowest BCUT2D eigenvalue weighted by Gasteiger charge is -2.29. The molecule has 0 amide bonds. The van der Waals surface area contributed by atoms with E-state index in [2.05, 4.69) is 22.2 Å². The molecule has 1 aliphatic heterocycles. The number of aromatic nitrogens is 2. The smallest absolute Gasteiger partial charge is 0.258 e. The Morgan fingerprint density at radius 2 is 2.00 bits per heavy atom. The topological polar surface area (TPSA) is 50.3 Å². The van der Waals surface area contributed by atoms with E-state index in [0.29, 0.717) is 18.5 Å². The van der Waals surface area contributed by atoms with E-state index in [1.807, 2.05) is 31.2 Å². The predicted molar refractivity (Wildman–Crippen MR) is 89.6 cm³/mol. The molecule has 22 heavy (non-hydrogen) atoms. The fraction of sp³-hybridized carbons (Fsp3) is 0.529. The molecule has 1 aromatic heterocycles. The van der Waals surface area contributed by atoms with Crippen molar-refractivity contribution in [3.8, 4) is 5.88 Å². The van der Waals surface area contributed by atoms with E-state index >= 15 is 0 Å². The number of rotatable bonds is 5. The molecule has 0 spiro atoms. The van der Waals surface area contributed by atoms with Gasteiger partial charge in [0.05, 0.1) is 17.6 Å². The third-order valence-electron chi connectivity index (χ3n) is 4.07. The van der Waals surface area contributed by atoms with E-state index in [9.17, 15) is 0 Å². The second-order valence-corrected chi connectivity index (χ2v) is 5.80. The van der Waals surface area contributed by atoms with Crippen LogP contribution in [-0.2, 0) is 0 Å². The Kier molecular flexibility index (Phi) is 4.73. The minimum Gasteiger partial charge on any atom is -0.475 e. The normalized spacial score (nSPS) is 18.4. The fourth-order valence-electron chi connectivity index (χ4n) is 2.95. The molecule has 1 aromatic carbocycles. The number of fused-ring (bicyclic) bond motifs is 1. The van der Waals surface area contributed by atoms with Crippen molar-refractivity contribution in [1.29, 1.82) is 0 Å². The van der Waals surface area contributed by atoms with Gasteiger partial charge in [-0.15, -0.1) is 0 Å². The molecule has 1 saturated heterocycles. The van der Waals surface area contributed by atoms with Crippen LogP contribution in [0.2, 0.25) is 0 Å². The van der Waals surface area contributed by atoms with Gasteiger partial charge in [0.2, 0.25) is 0 Å². The molecule has 0 saturated carbocycles. The van der Waals surface area contributed by atoms with Crippen molar-refractivity contribution >= 4 is 16.9 Å². The number of para-hydroxylation sites is 2. The number of hydrogen-bond acceptors (Lipinski definition) is 5. The van der Waals surface area contributed by atoms with Gasteiger partial charge in [-0.2, -0.15) is 0 Å². The highest BCUT2D eigenvalue weighted by Gasteiger charge is 2.19. The van der Waals surface area contributed by atoms with Crippen LogP contribution in [0.5, 0.6) is 5.88 Å². The van der Waals surface area contributed by atoms with Crippen LogP contribution in [0, 0.1) is 0 Å². The van der Waals surface area contributed by atoms with Crippen molar-refractivity contribution in [3.63, 3.8) is 0 Å². The van der Waals surface area contributed by atoms with Crippen molar-refractivity contribution in [2.75, 3.05) is 31.6 Å². The van der Waals surface area contributed by atoms with E-state index in [-0.39, 0.29) is 0 Å². The average Bonchev–Trinajstić information content (AvgIpc) is 2.55. The van der Waals surface area contributed by atoms with Crippen LogP contribution < -0.4 is 15.0 Å². The molecular formula is C17H24N4O. The van der Waals surface area contributed by atoms with Crippen LogP contribution >= 0.6 is 0 Å². The Morgan fingerprint density at radius 3 is 2.68 bits per heavy atom. The molecule has 2 heterocycles. The molecule has 1 fully saturated rings. The number of anilines is 1. The van der Waals surface area contributed by atoms with Crippen LogP contribution in [0.3, 0.4) is 0 Å². The van der Waals surface area contributed by atoms with Gasteiger partial charge in [-0.1, -0.05) is 18.6 Å². The van der Waals surface area contributed by atoms with Crippen LogP contribution in [0.25, 0.3) is 11.0 Å². The Labute approximate surface area is 131 Å². The molecule has 1 aliphatic rings. The zero-order valence-corrected chi connectivity index (χ0v) is 13.4. The van der Waals surface area contributed by atoms with Gasteiger partial charge in [-0.25, -0.2) is 9.97 Å². The lowest BCUT2D eigenvalue weighted by Crippen LogP contribution is -2.42. The van der Waals surface area contributed by atoms with Crippen LogP contribution in [0.4, 0.5) is 5.82 Å². The highest BCUT2D eigenvalue weighted by Crippen LogP contribution is 2.26. The van der Waals surface area contributed by atoms with Gasteiger partial charge in [-0.05, 0) is 38.4 Å². The Balaban J connectivity index is 1.87. The molecule has 1 N–H and O–H groups in total. The summed E-state index contributed by atoms with van der Waals surface area (Å²) in [5.41, 5.74) is 1.78. The maximum absolute atomic E-state index is 5.72. The summed E-state index contributed by atoms with van der Waals surface area (Å²) in [5.74, 6) is 1.45. The first-order valence-electron chi connectivity index (χ1n) is 8.12. The third-order valence-corrected chi connectivity index (χ3v) is 4.07. The maximum atomic E-state index is 5.72. The second kappa shape index (κ2) is 6.92. The van der Waals surface area contributed by atoms with Crippen LogP contribution in [0.15, 0.2) is 24.3 Å². The quantitative estimate of drug-likeness (QED) is 0.920. The largest absolute Gasteiger partial charge is 0.475 e. The first kappa shape index (κ1) is 15.0. The first-order valence-corrected chi connectivity index (χ1v) is 8.12. The van der Waals surface area contributed by atoms with E-state index in [1.54, 1.807) is 0 Å². The molecule has 5 heteroatoms. The van der Waals surface area contributed by atoms with Gasteiger partial charge in [-0.3, -0.25) is 0 Å². The van der Waals surface area contributed by atoms with Gasteiger partial charge >= 0.3 is 0 Å². The number of piperidine rings is 1. The van der Waals surface area contributed by atoms with Crippen molar-refractivity contribution in [2.24, 2.45) is 0 Å². The number of likely N-dealkylation sites (N-methyl/N-ethyl adjacent to an activating group) is 1. The molecule has 118 valence electrons. The van der Waals surface area contributed by atoms with Crippen LogP contribution in [0.1, 0.15) is 26.2 Å². The van der Waals surface area contributed by atoms with E-state index < -0.39 is 0 Å². The van der Waals surface area contributed by atoms with Gasteiger partial charge in [0, 0.05) is 19.6 Å². The first-order chi connectivity index (χ1) is 10.8. The highest BCUT2D eigenvalue weighted by atomic mass is 16.5. The lowest BCUT2D eigenvalue weighted by atomic mass is 10.0. The Hall–Kier alpha value is -1.88. The summed E-state index contributed by atoms with van der Waals surface area (Å²) in [6.45, 7) is 4.60. The molecule has 3 rings (SSSR count). The number of ether oxygens (including phenoxy) is 1. The Morgan fingerprint density at radius 1 is 1.23 bits per heavy atom. The summed E-state index contributed by atoms with van der Waals surface area (Å²) >= 11 is 0. The molecule has 0 bridgehead atoms. The van der Waals surface area contributed by atoms with Crippen molar-refractivity contribution < 1.29 is 4.74 Å². The molecule has 2 aromatic rings. The number of nitrogens with one attached hydrogen (secondary N) is 1. The molecule has 1 atom stereocenters. The van der Waals surface area contributed by atoms with E-state index in [0.717, 1.165) is 29.9 Å². The molecule has 0 aliphatic carbocycles. The molecule has 0 radical (unpaired) electrons. The zero-order chi connectivity index (χ0) is 15.4. The van der Waals surface area contributed by atoms with E-state index in [1.165, 1.54) is 19.3 Å². The summed E-state index contributed by atoms with van der Waals surface area (Å²) in [4.78, 5) is 11.6. The van der Waals surface area contributed by atoms with Gasteiger partial charge in [0.1, 0.15) is 0 Å². The zero-order valence-electron chi connectivity index (χ0n) is 13.4. The molecule has 5 nitrogen and oxygen atoms in total. The van der Waals surface area contributed by atoms with Crippen molar-refractivity contribution in [3.05, 3.63) is 24.3 Å². The van der Waals surface area contributed by atoms with Gasteiger partial charge in [0.15, 0.2) is 5.82 Å². The van der Waals surface area contributed by atoms with Crippen molar-refractivity contribution in [2.45, 2.75) is 32.2 Å². The third kappa shape index (κ3) is 3.30. The molecule has 1 unspecified atom stereocenters. The lowest BCUT2D eigenvalue weighted by molar-refractivity contribution is 0.326. The maximum Gasteiger partial charge on any atom is 0.258 e. The number of benzene rings is 1. The number of hydrogen-bond donors (Lipinski definition) is 1. The monoisotopic (exact) mass is 300 g/mol. The van der Waals surface area contributed by atoms with Gasteiger partial charge in [0.25, 0.3) is 5.88 Å². The Bertz CT molecular complexity index is 625. The number of nitrogens with zero attached hydrogens (tertiary/aromatic N) is 3. The summed E-state index contributed by atoms with van der Waals surface area (Å²) in [7, 11) is 2.07. The van der Waals surface area contributed by atoms with E-state index in [4.69, 9.17) is 9.72 Å². The summed E-state index contributed by atoms with van der Waals surface area (Å²) in [6.07, 6.45) is 3.79. The minimum absolute atomic E-state index is 0.515. The second-order valence-electron chi connectivity index (χ2n) is 5.80.